The number of imidazole rings is 1. The highest BCUT2D eigenvalue weighted by molar-refractivity contribution is 6.31. The Kier molecular flexibility index (Phi) is 6.15. The number of pyridine rings is 1. The highest BCUT2D eigenvalue weighted by Crippen LogP contribution is 2.27. The van der Waals surface area contributed by atoms with E-state index in [1.807, 2.05) is 0 Å². The molecule has 1 saturated carbocycles. The molecule has 0 spiro atoms. The fourth-order valence-electron chi connectivity index (χ4n) is 3.92. The number of nitrogens with zero attached hydrogens (tertiary/aromatic N) is 3. The number of fused-ring (bicyclic) bond motifs is 1. The number of amidine groups is 1. The van der Waals surface area contributed by atoms with Crippen LogP contribution in [0.4, 0.5) is 16.0 Å². The molecule has 9 heteroatoms. The van der Waals surface area contributed by atoms with Gasteiger partial charge in [0.1, 0.15) is 5.82 Å². The molecule has 4 N–H and O–H groups in total. The molecule has 4 rings (SSSR count). The number of benzene rings is 1. The van der Waals surface area contributed by atoms with Crippen molar-refractivity contribution in [2.24, 2.45) is 5.92 Å². The number of aromatic amines is 1. The third-order valence-corrected chi connectivity index (χ3v) is 5.87. The predicted molar refractivity (Wildman–Crippen MR) is 116 cm³/mol. The minimum atomic E-state index is -0.593. The summed E-state index contributed by atoms with van der Waals surface area (Å²) in [6.45, 7) is 0.817. The zero-order chi connectivity index (χ0) is 21.1. The molecular weight excluding hydrogens is 407 g/mol. The van der Waals surface area contributed by atoms with Crippen LogP contribution in [0.3, 0.4) is 0 Å². The first-order valence-corrected chi connectivity index (χ1v) is 10.5. The van der Waals surface area contributed by atoms with Crippen molar-refractivity contribution in [1.29, 1.82) is 5.41 Å². The summed E-state index contributed by atoms with van der Waals surface area (Å²) < 4.78 is 13.4. The molecule has 0 bridgehead atoms. The minimum absolute atomic E-state index is 0.134. The Hall–Kier alpha value is -2.71. The van der Waals surface area contributed by atoms with Crippen molar-refractivity contribution in [2.75, 3.05) is 16.9 Å². The normalized spacial score (nSPS) is 14.8. The van der Waals surface area contributed by atoms with Gasteiger partial charge < -0.3 is 10.3 Å². The van der Waals surface area contributed by atoms with Gasteiger partial charge in [-0.25, -0.2) is 14.4 Å². The fraction of sp³-hybridized carbons (Fsp3) is 0.381. The van der Waals surface area contributed by atoms with Crippen LogP contribution in [0.15, 0.2) is 30.5 Å². The Labute approximate surface area is 178 Å². The van der Waals surface area contributed by atoms with Gasteiger partial charge in [0.05, 0.1) is 16.2 Å². The van der Waals surface area contributed by atoms with Crippen molar-refractivity contribution in [3.8, 4) is 0 Å². The minimum Gasteiger partial charge on any atom is -0.356 e. The molecule has 1 aliphatic carbocycles. The second-order valence-corrected chi connectivity index (χ2v) is 8.03. The van der Waals surface area contributed by atoms with E-state index >= 15 is 0 Å². The molecule has 158 valence electrons. The van der Waals surface area contributed by atoms with E-state index in [9.17, 15) is 9.60 Å². The highest BCUT2D eigenvalue weighted by Gasteiger charge is 2.19. The van der Waals surface area contributed by atoms with Crippen LogP contribution in [0.5, 0.6) is 0 Å². The Balaban J connectivity index is 1.49. The first-order valence-electron chi connectivity index (χ1n) is 10.1. The number of hydroxylamine groups is 1. The number of halogens is 2. The topological polar surface area (TPSA) is 101 Å². The summed E-state index contributed by atoms with van der Waals surface area (Å²) in [6.07, 6.45) is 9.21. The summed E-state index contributed by atoms with van der Waals surface area (Å²) >= 11 is 5.79. The fourth-order valence-corrected chi connectivity index (χ4v) is 4.10. The molecule has 1 aliphatic rings. The molecule has 2 aromatic heterocycles. The first kappa shape index (κ1) is 20.6. The molecule has 0 saturated heterocycles. The van der Waals surface area contributed by atoms with Crippen LogP contribution >= 0.6 is 11.6 Å². The summed E-state index contributed by atoms with van der Waals surface area (Å²) in [5.74, 6) is 0.553. The van der Waals surface area contributed by atoms with E-state index in [-0.39, 0.29) is 16.5 Å². The molecule has 1 aromatic carbocycles. The quantitative estimate of drug-likeness (QED) is 0.240. The Morgan fingerprint density at radius 1 is 1.30 bits per heavy atom. The number of aromatic nitrogens is 3. The molecule has 0 atom stereocenters. The average molecular weight is 431 g/mol. The van der Waals surface area contributed by atoms with Crippen LogP contribution in [0.25, 0.3) is 11.2 Å². The molecule has 2 heterocycles. The maximum atomic E-state index is 13.4. The van der Waals surface area contributed by atoms with E-state index in [0.29, 0.717) is 27.7 Å². The van der Waals surface area contributed by atoms with Gasteiger partial charge in [-0.05, 0) is 36.6 Å². The summed E-state index contributed by atoms with van der Waals surface area (Å²) in [4.78, 5) is 11.9. The van der Waals surface area contributed by atoms with Gasteiger partial charge >= 0.3 is 0 Å². The van der Waals surface area contributed by atoms with E-state index in [1.165, 1.54) is 50.4 Å². The predicted octanol–water partition coefficient (Wildman–Crippen LogP) is 5.35. The molecule has 3 aromatic rings. The Morgan fingerprint density at radius 2 is 2.10 bits per heavy atom. The number of hydrogen-bond acceptors (Lipinski definition) is 5. The van der Waals surface area contributed by atoms with E-state index < -0.39 is 5.82 Å². The first-order chi connectivity index (χ1) is 14.5. The van der Waals surface area contributed by atoms with Crippen molar-refractivity contribution >= 4 is 40.2 Å². The van der Waals surface area contributed by atoms with Crippen LogP contribution in [-0.2, 0) is 0 Å². The van der Waals surface area contributed by atoms with Crippen molar-refractivity contribution < 1.29 is 9.60 Å². The largest absolute Gasteiger partial charge is 0.356 e. The zero-order valence-corrected chi connectivity index (χ0v) is 17.2. The van der Waals surface area contributed by atoms with Crippen molar-refractivity contribution in [3.05, 3.63) is 46.9 Å². The number of nitrogens with one attached hydrogen (secondary N) is 3. The van der Waals surface area contributed by atoms with Gasteiger partial charge in [-0.3, -0.25) is 10.6 Å². The van der Waals surface area contributed by atoms with Crippen LogP contribution in [-0.4, -0.2) is 32.5 Å². The third kappa shape index (κ3) is 4.39. The zero-order valence-electron chi connectivity index (χ0n) is 16.5. The van der Waals surface area contributed by atoms with Gasteiger partial charge in [0.15, 0.2) is 11.5 Å². The molecular formula is C21H24ClFN6O. The van der Waals surface area contributed by atoms with Crippen LogP contribution in [0, 0.1) is 17.1 Å². The molecule has 0 aliphatic heterocycles. The Bertz CT molecular complexity index is 1050. The second-order valence-electron chi connectivity index (χ2n) is 7.62. The maximum Gasteiger partial charge on any atom is 0.202 e. The van der Waals surface area contributed by atoms with E-state index in [0.717, 1.165) is 24.9 Å². The molecule has 0 amide bonds. The lowest BCUT2D eigenvalue weighted by Gasteiger charge is -2.21. The number of anilines is 2. The Morgan fingerprint density at radius 3 is 2.87 bits per heavy atom. The van der Waals surface area contributed by atoms with E-state index in [4.69, 9.17) is 17.0 Å². The second kappa shape index (κ2) is 8.97. The third-order valence-electron chi connectivity index (χ3n) is 5.58. The number of rotatable bonds is 6. The maximum absolute atomic E-state index is 13.4. The van der Waals surface area contributed by atoms with E-state index in [2.05, 4.69) is 20.3 Å². The lowest BCUT2D eigenvalue weighted by molar-refractivity contribution is 0.312. The molecule has 1 fully saturated rings. The van der Waals surface area contributed by atoms with Crippen LogP contribution in [0.2, 0.25) is 5.02 Å². The van der Waals surface area contributed by atoms with Crippen LogP contribution < -0.4 is 10.4 Å². The van der Waals surface area contributed by atoms with Crippen molar-refractivity contribution in [3.63, 3.8) is 0 Å². The van der Waals surface area contributed by atoms with Crippen molar-refractivity contribution in [1.82, 2.24) is 15.0 Å². The van der Waals surface area contributed by atoms with Gasteiger partial charge in [-0.15, -0.1) is 0 Å². The number of hydrogen-bond donors (Lipinski definition) is 4. The monoisotopic (exact) mass is 430 g/mol. The molecule has 0 unspecified atom stereocenters. The average Bonchev–Trinajstić information content (AvgIpc) is 3.18. The van der Waals surface area contributed by atoms with Crippen molar-refractivity contribution in [2.45, 2.75) is 38.5 Å². The molecule has 30 heavy (non-hydrogen) atoms. The highest BCUT2D eigenvalue weighted by atomic mass is 35.5. The number of H-pyrrole nitrogens is 1. The summed E-state index contributed by atoms with van der Waals surface area (Å²) in [6, 6.07) is 5.36. The van der Waals surface area contributed by atoms with Crippen LogP contribution in [0.1, 0.15) is 44.1 Å². The summed E-state index contributed by atoms with van der Waals surface area (Å²) in [5, 5.41) is 22.7. The summed E-state index contributed by atoms with van der Waals surface area (Å²) in [5.41, 5.74) is 1.58. The summed E-state index contributed by atoms with van der Waals surface area (Å²) in [7, 11) is 0. The van der Waals surface area contributed by atoms with Gasteiger partial charge in [0.25, 0.3) is 0 Å². The standard InChI is InChI=1S/C21H24ClFN6O/c22-16-12-14(6-7-17(16)23)29(30)19(24)15-9-11-25-20-18(15)27-21(28-20)26-10-8-13-4-2-1-3-5-13/h6-7,9,11-13,24,30H,1-5,8,10H2,(H2,25,26,27,28). The van der Waals surface area contributed by atoms with Gasteiger partial charge in [0, 0.05) is 18.3 Å². The molecule has 7 nitrogen and oxygen atoms in total. The van der Waals surface area contributed by atoms with Gasteiger partial charge in [-0.1, -0.05) is 43.7 Å². The molecule has 0 radical (unpaired) electrons. The smallest absolute Gasteiger partial charge is 0.202 e. The lowest BCUT2D eigenvalue weighted by atomic mass is 9.87. The SMILES string of the molecule is N=C(c1ccnc2nc(NCCC3CCCCC3)[nH]c12)N(O)c1ccc(F)c(Cl)c1. The van der Waals surface area contributed by atoms with Gasteiger partial charge in [-0.2, -0.15) is 4.98 Å². The lowest BCUT2D eigenvalue weighted by Crippen LogP contribution is -2.27. The van der Waals surface area contributed by atoms with Gasteiger partial charge in [0.2, 0.25) is 5.95 Å². The van der Waals surface area contributed by atoms with E-state index in [1.54, 1.807) is 6.07 Å².